The summed E-state index contributed by atoms with van der Waals surface area (Å²) in [6.45, 7) is 2.62. The molecule has 2 aromatic carbocycles. The first-order valence-electron chi connectivity index (χ1n) is 15.8. The van der Waals surface area contributed by atoms with E-state index in [0.29, 0.717) is 5.75 Å². The molecule has 0 unspecified atom stereocenters. The Balaban J connectivity index is 1.88. The van der Waals surface area contributed by atoms with Crippen LogP contribution in [0.2, 0.25) is 5.02 Å². The molecule has 12 nitrogen and oxygen atoms in total. The molecule has 0 saturated heterocycles. The Morgan fingerprint density at radius 1 is 0.865 bits per heavy atom. The molecule has 3 atom stereocenters. The first-order chi connectivity index (χ1) is 24.4. The highest BCUT2D eigenvalue weighted by Crippen LogP contribution is 2.30. The predicted octanol–water partition coefficient (Wildman–Crippen LogP) is 4.45. The van der Waals surface area contributed by atoms with E-state index in [-0.39, 0.29) is 42.0 Å². The number of ether oxygens (including phenoxy) is 1. The van der Waals surface area contributed by atoms with Crippen molar-refractivity contribution in [3.05, 3.63) is 89.0 Å². The predicted molar refractivity (Wildman–Crippen MR) is 177 cm³/mol. The molecule has 0 fully saturated rings. The van der Waals surface area contributed by atoms with E-state index >= 15 is 8.78 Å². The van der Waals surface area contributed by atoms with Gasteiger partial charge in [-0.05, 0) is 55.0 Å². The van der Waals surface area contributed by atoms with Gasteiger partial charge in [0.2, 0.25) is 11.8 Å². The zero-order valence-electron chi connectivity index (χ0n) is 28.1. The van der Waals surface area contributed by atoms with E-state index in [1.807, 2.05) is 10.6 Å². The van der Waals surface area contributed by atoms with Crippen molar-refractivity contribution < 1.29 is 50.7 Å². The van der Waals surface area contributed by atoms with E-state index in [9.17, 15) is 37.1 Å². The number of rotatable bonds is 17. The van der Waals surface area contributed by atoms with Crippen molar-refractivity contribution in [1.82, 2.24) is 31.2 Å². The van der Waals surface area contributed by atoms with Crippen molar-refractivity contribution in [2.24, 2.45) is 5.92 Å². The van der Waals surface area contributed by atoms with Gasteiger partial charge in [-0.25, -0.2) is 9.97 Å². The van der Waals surface area contributed by atoms with Gasteiger partial charge in [0.25, 0.3) is 17.6 Å². The van der Waals surface area contributed by atoms with Gasteiger partial charge >= 0.3 is 12.1 Å². The number of methoxy groups -OCH3 is 1. The average Bonchev–Trinajstić information content (AvgIpc) is 3.11. The van der Waals surface area contributed by atoms with Crippen LogP contribution in [-0.4, -0.2) is 71.3 Å². The fourth-order valence-corrected chi connectivity index (χ4v) is 5.00. The minimum atomic E-state index is -5.29. The summed E-state index contributed by atoms with van der Waals surface area (Å²) in [7, 11) is 1.35. The lowest BCUT2D eigenvalue weighted by Crippen LogP contribution is -2.55. The summed E-state index contributed by atoms with van der Waals surface area (Å²) < 4.78 is 75.8. The Morgan fingerprint density at radius 3 is 2.10 bits per heavy atom. The number of nitrogens with zero attached hydrogens (tertiary/aromatic N) is 2. The minimum absolute atomic E-state index is 0.0237. The Kier molecular flexibility index (Phi) is 14.5. The molecule has 0 spiro atoms. The molecule has 0 bridgehead atoms. The van der Waals surface area contributed by atoms with Gasteiger partial charge in [0, 0.05) is 29.5 Å². The van der Waals surface area contributed by atoms with Crippen LogP contribution in [0, 0.1) is 5.92 Å². The maximum absolute atomic E-state index is 15.3. The van der Waals surface area contributed by atoms with E-state index in [2.05, 4.69) is 20.6 Å². The van der Waals surface area contributed by atoms with Crippen LogP contribution in [0.25, 0.3) is 0 Å². The average molecular weight is 755 g/mol. The molecule has 0 aliphatic heterocycles. The summed E-state index contributed by atoms with van der Waals surface area (Å²) >= 11 is 5.84. The second kappa shape index (κ2) is 18.3. The SMILES string of the molecule is COc1ccc([C@H](NC(=O)[C@H](CCCCNC(=O)c2cncnc2)NC(=O)C(F)(F)c2cccc(Cl)c2)C(=O)N[C@H](C(=O)C(F)(F)F)C(C)C)cc1. The second-order valence-corrected chi connectivity index (χ2v) is 12.2. The molecule has 0 aliphatic rings. The van der Waals surface area contributed by atoms with E-state index in [4.69, 9.17) is 16.3 Å². The molecule has 18 heteroatoms. The van der Waals surface area contributed by atoms with Crippen LogP contribution in [0.3, 0.4) is 0 Å². The van der Waals surface area contributed by atoms with Crippen LogP contribution in [-0.2, 0) is 25.1 Å². The smallest absolute Gasteiger partial charge is 0.452 e. The van der Waals surface area contributed by atoms with Gasteiger partial charge in [0.15, 0.2) is 0 Å². The number of Topliss-reactive ketones (excluding diaryl/α,β-unsaturated/α-hetero) is 1. The number of ketones is 1. The summed E-state index contributed by atoms with van der Waals surface area (Å²) in [6, 6.07) is 4.25. The molecule has 4 N–H and O–H groups in total. The third-order valence-electron chi connectivity index (χ3n) is 7.65. The second-order valence-electron chi connectivity index (χ2n) is 11.8. The zero-order valence-corrected chi connectivity index (χ0v) is 28.9. The van der Waals surface area contributed by atoms with E-state index in [0.717, 1.165) is 12.1 Å². The van der Waals surface area contributed by atoms with Crippen LogP contribution < -0.4 is 26.0 Å². The lowest BCUT2D eigenvalue weighted by Gasteiger charge is -2.28. The third-order valence-corrected chi connectivity index (χ3v) is 7.88. The first-order valence-corrected chi connectivity index (χ1v) is 16.2. The summed E-state index contributed by atoms with van der Waals surface area (Å²) in [6.07, 6.45) is -1.50. The minimum Gasteiger partial charge on any atom is -0.497 e. The highest BCUT2D eigenvalue weighted by molar-refractivity contribution is 6.30. The highest BCUT2D eigenvalue weighted by Gasteiger charge is 2.46. The van der Waals surface area contributed by atoms with E-state index < -0.39 is 71.1 Å². The number of halogens is 6. The van der Waals surface area contributed by atoms with Crippen LogP contribution in [0.15, 0.2) is 67.3 Å². The Hall–Kier alpha value is -5.19. The highest BCUT2D eigenvalue weighted by atomic mass is 35.5. The number of benzene rings is 2. The molecule has 52 heavy (non-hydrogen) atoms. The molecule has 3 rings (SSSR count). The maximum Gasteiger partial charge on any atom is 0.452 e. The third kappa shape index (κ3) is 11.4. The van der Waals surface area contributed by atoms with Crippen molar-refractivity contribution in [3.63, 3.8) is 0 Å². The lowest BCUT2D eigenvalue weighted by molar-refractivity contribution is -0.175. The molecular weight excluding hydrogens is 719 g/mol. The summed E-state index contributed by atoms with van der Waals surface area (Å²) in [5, 5.41) is 8.91. The molecule has 0 radical (unpaired) electrons. The number of nitrogens with one attached hydrogen (secondary N) is 4. The number of aromatic nitrogens is 2. The van der Waals surface area contributed by atoms with Crippen LogP contribution in [0.5, 0.6) is 5.75 Å². The topological polar surface area (TPSA) is 168 Å². The molecule has 0 aliphatic carbocycles. The quantitative estimate of drug-likeness (QED) is 0.116. The van der Waals surface area contributed by atoms with Crippen molar-refractivity contribution in [1.29, 1.82) is 0 Å². The first kappa shape index (κ1) is 41.2. The van der Waals surface area contributed by atoms with Crippen molar-refractivity contribution >= 4 is 41.0 Å². The lowest BCUT2D eigenvalue weighted by atomic mass is 9.97. The van der Waals surface area contributed by atoms with Gasteiger partial charge in [0.1, 0.15) is 24.2 Å². The normalized spacial score (nSPS) is 13.3. The molecule has 0 saturated carbocycles. The number of hydrogen-bond acceptors (Lipinski definition) is 8. The molecule has 4 amide bonds. The molecule has 1 aromatic heterocycles. The number of carbonyl (C=O) groups excluding carboxylic acids is 5. The van der Waals surface area contributed by atoms with Crippen molar-refractivity contribution in [2.45, 2.75) is 63.3 Å². The van der Waals surface area contributed by atoms with Crippen LogP contribution >= 0.6 is 11.6 Å². The van der Waals surface area contributed by atoms with Gasteiger partial charge in [-0.3, -0.25) is 24.0 Å². The van der Waals surface area contributed by atoms with E-state index in [1.165, 1.54) is 76.1 Å². The number of amides is 4. The fourth-order valence-electron chi connectivity index (χ4n) is 4.81. The Labute approximate surface area is 300 Å². The van der Waals surface area contributed by atoms with Gasteiger partial charge in [-0.1, -0.05) is 49.7 Å². The standard InChI is InChI=1S/C34H36ClF5N6O6/c1-19(2)26(28(47)34(38,39)40)45-31(50)27(20-10-12-24(52-3)13-11-20)46-30(49)25(9-4-5-14-43-29(48)21-16-41-18-42-17-21)44-32(51)33(36,37)22-7-6-8-23(35)15-22/h6-8,10-13,15-19,25-27H,4-5,9,14H2,1-3H3,(H,43,48)(H,44,51)(H,45,50)(H,46,49)/t25-,26-,27-/m0/s1. The fraction of sp³-hybridized carbons (Fsp3) is 0.382. The van der Waals surface area contributed by atoms with Gasteiger partial charge in [-0.15, -0.1) is 0 Å². The summed E-state index contributed by atoms with van der Waals surface area (Å²) in [5.41, 5.74) is -0.570. The van der Waals surface area contributed by atoms with Crippen LogP contribution in [0.1, 0.15) is 60.6 Å². The maximum atomic E-state index is 15.3. The number of alkyl halides is 5. The summed E-state index contributed by atoms with van der Waals surface area (Å²) in [5.74, 6) is -11.9. The van der Waals surface area contributed by atoms with Gasteiger partial charge in [-0.2, -0.15) is 22.0 Å². The van der Waals surface area contributed by atoms with Gasteiger partial charge in [0.05, 0.1) is 18.7 Å². The summed E-state index contributed by atoms with van der Waals surface area (Å²) in [4.78, 5) is 72.2. The number of hydrogen-bond donors (Lipinski definition) is 4. The monoisotopic (exact) mass is 754 g/mol. The van der Waals surface area contributed by atoms with E-state index in [1.54, 1.807) is 0 Å². The van der Waals surface area contributed by atoms with Gasteiger partial charge < -0.3 is 26.0 Å². The van der Waals surface area contributed by atoms with Crippen LogP contribution in [0.4, 0.5) is 22.0 Å². The zero-order chi connectivity index (χ0) is 38.6. The Bertz CT molecular complexity index is 1710. The molecule has 3 aromatic rings. The largest absolute Gasteiger partial charge is 0.497 e. The molecule has 280 valence electrons. The number of carbonyl (C=O) groups is 5. The Morgan fingerprint density at radius 2 is 1.52 bits per heavy atom. The van der Waals surface area contributed by atoms with Crippen molar-refractivity contribution in [2.75, 3.05) is 13.7 Å². The van der Waals surface area contributed by atoms with Crippen molar-refractivity contribution in [3.8, 4) is 5.75 Å². The molecule has 1 heterocycles. The number of unbranched alkanes of at least 4 members (excludes halogenated alkanes) is 1. The molecular formula is C34H36ClF5N6O6.